The third-order valence-electron chi connectivity index (χ3n) is 2.02. The van der Waals surface area contributed by atoms with Crippen LogP contribution in [0.2, 0.25) is 0 Å². The number of hydrogen-bond donors (Lipinski definition) is 3. The number of carbonyl (C=O) groups is 1. The molecule has 0 amide bonds. The molecule has 0 saturated heterocycles. The molecule has 0 spiro atoms. The second kappa shape index (κ2) is 4.96. The number of aliphatic carboxylic acids is 1. The molecule has 0 aliphatic heterocycles. The summed E-state index contributed by atoms with van der Waals surface area (Å²) in [6.45, 7) is 1.57. The Labute approximate surface area is 92.9 Å². The summed E-state index contributed by atoms with van der Waals surface area (Å²) in [5.74, 6) is -2.82. The molecule has 1 aromatic carbocycles. The van der Waals surface area contributed by atoms with E-state index in [2.05, 4.69) is 0 Å². The lowest BCUT2D eigenvalue weighted by Crippen LogP contribution is -2.34. The van der Waals surface area contributed by atoms with Gasteiger partial charge < -0.3 is 20.1 Å². The minimum atomic E-state index is -2.19. The second-order valence-corrected chi connectivity index (χ2v) is 3.41. The summed E-state index contributed by atoms with van der Waals surface area (Å²) in [6, 6.07) is 6.12. The van der Waals surface area contributed by atoms with Gasteiger partial charge >= 0.3 is 11.9 Å². The van der Waals surface area contributed by atoms with Gasteiger partial charge in [-0.1, -0.05) is 19.1 Å². The lowest BCUT2D eigenvalue weighted by Gasteiger charge is -2.20. The number of carboxylic acid groups (broad SMARTS) is 1. The Morgan fingerprint density at radius 1 is 1.31 bits per heavy atom. The van der Waals surface area contributed by atoms with Crippen molar-refractivity contribution in [3.63, 3.8) is 0 Å². The van der Waals surface area contributed by atoms with E-state index in [1.807, 2.05) is 0 Å². The Bertz CT molecular complexity index is 355. The Morgan fingerprint density at radius 2 is 1.88 bits per heavy atom. The van der Waals surface area contributed by atoms with Crippen molar-refractivity contribution >= 4 is 5.97 Å². The van der Waals surface area contributed by atoms with E-state index in [1.54, 1.807) is 19.1 Å². The van der Waals surface area contributed by atoms with E-state index in [-0.39, 0.29) is 18.6 Å². The summed E-state index contributed by atoms with van der Waals surface area (Å²) >= 11 is 0. The molecule has 0 fully saturated rings. The van der Waals surface area contributed by atoms with Gasteiger partial charge in [-0.25, -0.2) is 0 Å². The van der Waals surface area contributed by atoms with E-state index in [4.69, 9.17) is 9.84 Å². The Balaban J connectivity index is 2.68. The van der Waals surface area contributed by atoms with Crippen LogP contribution in [0.25, 0.3) is 0 Å². The molecule has 0 heterocycles. The minimum absolute atomic E-state index is 0.0316. The highest BCUT2D eigenvalue weighted by molar-refractivity contribution is 5.70. The minimum Gasteiger partial charge on any atom is -0.481 e. The number of rotatable bonds is 5. The molecule has 16 heavy (non-hydrogen) atoms. The van der Waals surface area contributed by atoms with Crippen LogP contribution < -0.4 is 4.74 Å². The summed E-state index contributed by atoms with van der Waals surface area (Å²) in [5, 5.41) is 27.0. The van der Waals surface area contributed by atoms with Crippen molar-refractivity contribution in [3.8, 4) is 5.75 Å². The van der Waals surface area contributed by atoms with Crippen LogP contribution in [0.15, 0.2) is 24.3 Å². The van der Waals surface area contributed by atoms with Crippen LogP contribution in [-0.2, 0) is 11.2 Å². The third-order valence-corrected chi connectivity index (χ3v) is 2.02. The highest BCUT2D eigenvalue weighted by Crippen LogP contribution is 2.18. The van der Waals surface area contributed by atoms with E-state index in [0.717, 1.165) is 0 Å². The molecule has 0 aliphatic carbocycles. The first-order valence-electron chi connectivity index (χ1n) is 4.87. The van der Waals surface area contributed by atoms with E-state index in [0.29, 0.717) is 5.56 Å². The van der Waals surface area contributed by atoms with Crippen molar-refractivity contribution in [2.24, 2.45) is 0 Å². The zero-order chi connectivity index (χ0) is 12.2. The molecule has 0 bridgehead atoms. The molecule has 0 aromatic heterocycles. The first-order chi connectivity index (χ1) is 7.43. The third kappa shape index (κ3) is 3.88. The lowest BCUT2D eigenvalue weighted by atomic mass is 10.1. The van der Waals surface area contributed by atoms with Crippen LogP contribution in [0.5, 0.6) is 5.75 Å². The van der Waals surface area contributed by atoms with Gasteiger partial charge in [-0.05, 0) is 17.7 Å². The average Bonchev–Trinajstić information content (AvgIpc) is 2.20. The summed E-state index contributed by atoms with van der Waals surface area (Å²) in [4.78, 5) is 10.4. The van der Waals surface area contributed by atoms with Crippen molar-refractivity contribution < 1.29 is 24.9 Å². The topological polar surface area (TPSA) is 87.0 Å². The first-order valence-corrected chi connectivity index (χ1v) is 4.87. The smallest absolute Gasteiger partial charge is 0.321 e. The Hall–Kier alpha value is -1.59. The second-order valence-electron chi connectivity index (χ2n) is 3.41. The molecule has 0 aliphatic rings. The fraction of sp³-hybridized carbons (Fsp3) is 0.364. The molecular weight excluding hydrogens is 212 g/mol. The molecule has 5 heteroatoms. The fourth-order valence-electron chi connectivity index (χ4n) is 1.11. The van der Waals surface area contributed by atoms with Gasteiger partial charge in [0.25, 0.3) is 0 Å². The van der Waals surface area contributed by atoms with Crippen LogP contribution in [0.3, 0.4) is 0 Å². The fourth-order valence-corrected chi connectivity index (χ4v) is 1.11. The largest absolute Gasteiger partial charge is 0.481 e. The van der Waals surface area contributed by atoms with Crippen molar-refractivity contribution in [1.29, 1.82) is 0 Å². The Kier molecular flexibility index (Phi) is 3.87. The lowest BCUT2D eigenvalue weighted by molar-refractivity contribution is -0.292. The molecule has 1 aromatic rings. The van der Waals surface area contributed by atoms with E-state index < -0.39 is 11.9 Å². The van der Waals surface area contributed by atoms with Crippen LogP contribution in [-0.4, -0.2) is 27.3 Å². The highest BCUT2D eigenvalue weighted by atomic mass is 16.8. The van der Waals surface area contributed by atoms with Crippen molar-refractivity contribution in [1.82, 2.24) is 0 Å². The predicted octanol–water partition coefficient (Wildman–Crippen LogP) is 0.741. The monoisotopic (exact) mass is 226 g/mol. The molecule has 0 radical (unpaired) electrons. The molecule has 0 atom stereocenters. The molecule has 0 saturated carbocycles. The quantitative estimate of drug-likeness (QED) is 0.644. The van der Waals surface area contributed by atoms with Crippen molar-refractivity contribution in [2.75, 3.05) is 0 Å². The zero-order valence-electron chi connectivity index (χ0n) is 8.88. The number of benzene rings is 1. The number of aliphatic hydroxyl groups is 2. The van der Waals surface area contributed by atoms with Crippen LogP contribution >= 0.6 is 0 Å². The predicted molar refractivity (Wildman–Crippen MR) is 55.9 cm³/mol. The summed E-state index contributed by atoms with van der Waals surface area (Å²) < 4.78 is 4.87. The van der Waals surface area contributed by atoms with E-state index in [1.165, 1.54) is 12.1 Å². The van der Waals surface area contributed by atoms with Gasteiger partial charge in [-0.3, -0.25) is 4.79 Å². The molecular formula is C11H14O5. The van der Waals surface area contributed by atoms with Gasteiger partial charge in [-0.2, -0.15) is 0 Å². The van der Waals surface area contributed by atoms with E-state index >= 15 is 0 Å². The Morgan fingerprint density at radius 3 is 2.31 bits per heavy atom. The highest BCUT2D eigenvalue weighted by Gasteiger charge is 2.22. The van der Waals surface area contributed by atoms with Gasteiger partial charge in [0.1, 0.15) is 5.75 Å². The number of carboxylic acids is 1. The van der Waals surface area contributed by atoms with Crippen molar-refractivity contribution in [3.05, 3.63) is 29.8 Å². The number of hydrogen-bond acceptors (Lipinski definition) is 4. The van der Waals surface area contributed by atoms with E-state index in [9.17, 15) is 15.0 Å². The maximum Gasteiger partial charge on any atom is 0.321 e. The van der Waals surface area contributed by atoms with Gasteiger partial charge in [0.15, 0.2) is 0 Å². The maximum atomic E-state index is 10.4. The standard InChI is InChI=1S/C11H14O5/c1-2-11(14,15)16-9-5-3-8(4-6-9)7-10(12)13/h3-6,14-15H,2,7H2,1H3,(H,12,13). The summed E-state index contributed by atoms with van der Waals surface area (Å²) in [7, 11) is 0. The van der Waals surface area contributed by atoms with Gasteiger partial charge in [0.05, 0.1) is 6.42 Å². The number of ether oxygens (including phenoxy) is 1. The van der Waals surface area contributed by atoms with Crippen LogP contribution in [0.1, 0.15) is 18.9 Å². The molecule has 88 valence electrons. The van der Waals surface area contributed by atoms with Crippen LogP contribution in [0.4, 0.5) is 0 Å². The molecule has 1 rings (SSSR count). The van der Waals surface area contributed by atoms with Crippen molar-refractivity contribution in [2.45, 2.75) is 25.7 Å². The average molecular weight is 226 g/mol. The molecule has 5 nitrogen and oxygen atoms in total. The molecule has 0 unspecified atom stereocenters. The normalized spacial score (nSPS) is 11.2. The summed E-state index contributed by atoms with van der Waals surface area (Å²) in [6.07, 6.45) is -0.0403. The zero-order valence-corrected chi connectivity index (χ0v) is 8.88. The maximum absolute atomic E-state index is 10.4. The first kappa shape index (κ1) is 12.5. The SMILES string of the molecule is CCC(O)(O)Oc1ccc(CC(=O)O)cc1. The summed E-state index contributed by atoms with van der Waals surface area (Å²) in [5.41, 5.74) is 0.623. The van der Waals surface area contributed by atoms with Gasteiger partial charge in [0, 0.05) is 6.42 Å². The van der Waals surface area contributed by atoms with Gasteiger partial charge in [0.2, 0.25) is 0 Å². The molecule has 3 N–H and O–H groups in total. The van der Waals surface area contributed by atoms with Crippen LogP contribution in [0, 0.1) is 0 Å². The van der Waals surface area contributed by atoms with Gasteiger partial charge in [-0.15, -0.1) is 0 Å².